The van der Waals surface area contributed by atoms with Crippen molar-refractivity contribution in [3.63, 3.8) is 0 Å². The number of carbonyl (C=O) groups excluding carboxylic acids is 1. The molecule has 0 saturated carbocycles. The van der Waals surface area contributed by atoms with Gasteiger partial charge in [0.2, 0.25) is 0 Å². The molecular formula is C21H28N4O2. The van der Waals surface area contributed by atoms with E-state index in [9.17, 15) is 4.79 Å². The van der Waals surface area contributed by atoms with Crippen LogP contribution in [0.3, 0.4) is 0 Å². The van der Waals surface area contributed by atoms with Crippen molar-refractivity contribution in [2.24, 2.45) is 11.8 Å². The van der Waals surface area contributed by atoms with Crippen LogP contribution >= 0.6 is 0 Å². The van der Waals surface area contributed by atoms with E-state index >= 15 is 0 Å². The maximum absolute atomic E-state index is 12.8. The summed E-state index contributed by atoms with van der Waals surface area (Å²) < 4.78 is 7.42. The molecule has 144 valence electrons. The lowest BCUT2D eigenvalue weighted by atomic mass is 10.1. The van der Waals surface area contributed by atoms with Crippen LogP contribution in [0.1, 0.15) is 50.9 Å². The van der Waals surface area contributed by atoms with Crippen molar-refractivity contribution >= 4 is 34.0 Å². The topological polar surface area (TPSA) is 83.0 Å². The number of carbonyl (C=O) groups is 1. The number of nitrogens with two attached hydrogens (primary N) is 1. The Hall–Kier alpha value is -2.63. The second kappa shape index (κ2) is 7.94. The van der Waals surface area contributed by atoms with Crippen molar-refractivity contribution in [3.8, 4) is 0 Å². The number of hydrogen-bond donors (Lipinski definition) is 1. The molecule has 2 aromatic heterocycles. The first-order valence-electron chi connectivity index (χ1n) is 9.63. The molecule has 2 heterocycles. The minimum Gasteiger partial charge on any atom is -0.462 e. The number of aryl methyl sites for hydroxylation is 1. The monoisotopic (exact) mass is 368 g/mol. The Labute approximate surface area is 159 Å². The number of benzene rings is 1. The van der Waals surface area contributed by atoms with E-state index in [2.05, 4.69) is 27.7 Å². The number of aromatic nitrogens is 3. The third-order valence-electron chi connectivity index (χ3n) is 4.92. The van der Waals surface area contributed by atoms with Crippen molar-refractivity contribution in [1.82, 2.24) is 14.5 Å². The zero-order valence-corrected chi connectivity index (χ0v) is 16.5. The molecular weight excluding hydrogens is 340 g/mol. The molecule has 6 nitrogen and oxygen atoms in total. The van der Waals surface area contributed by atoms with Gasteiger partial charge in [-0.1, -0.05) is 46.2 Å². The van der Waals surface area contributed by atoms with Crippen LogP contribution in [0.4, 0.5) is 5.82 Å². The predicted octanol–water partition coefficient (Wildman–Crippen LogP) is 4.42. The van der Waals surface area contributed by atoms with Gasteiger partial charge in [-0.05, 0) is 30.4 Å². The zero-order valence-electron chi connectivity index (χ0n) is 16.5. The molecule has 0 aliphatic carbocycles. The smallest absolute Gasteiger partial charge is 0.344 e. The van der Waals surface area contributed by atoms with Crippen molar-refractivity contribution < 1.29 is 9.53 Å². The minimum absolute atomic E-state index is 0.302. The zero-order chi connectivity index (χ0) is 19.6. The summed E-state index contributed by atoms with van der Waals surface area (Å²) in [5.74, 6) is 0.772. The molecule has 6 heteroatoms. The quantitative estimate of drug-likeness (QED) is 0.624. The first-order valence-corrected chi connectivity index (χ1v) is 9.63. The van der Waals surface area contributed by atoms with E-state index < -0.39 is 5.97 Å². The van der Waals surface area contributed by atoms with Crippen LogP contribution in [-0.4, -0.2) is 27.1 Å². The Morgan fingerprint density at radius 3 is 2.48 bits per heavy atom. The number of fused-ring (bicyclic) bond motifs is 2. The van der Waals surface area contributed by atoms with Gasteiger partial charge in [-0.25, -0.2) is 14.8 Å². The Kier molecular flexibility index (Phi) is 5.63. The molecule has 0 spiro atoms. The lowest BCUT2D eigenvalue weighted by Crippen LogP contribution is -2.14. The maximum atomic E-state index is 12.8. The van der Waals surface area contributed by atoms with Crippen LogP contribution in [0, 0.1) is 11.8 Å². The number of ether oxygens (including phenoxy) is 1. The third-order valence-corrected chi connectivity index (χ3v) is 4.92. The van der Waals surface area contributed by atoms with E-state index in [0.717, 1.165) is 23.9 Å². The van der Waals surface area contributed by atoms with Crippen LogP contribution in [0.15, 0.2) is 24.3 Å². The molecule has 0 saturated heterocycles. The van der Waals surface area contributed by atoms with Gasteiger partial charge in [0.05, 0.1) is 17.6 Å². The van der Waals surface area contributed by atoms with E-state index in [0.29, 0.717) is 47.5 Å². The van der Waals surface area contributed by atoms with E-state index in [4.69, 9.17) is 20.4 Å². The van der Waals surface area contributed by atoms with E-state index in [1.54, 1.807) is 0 Å². The molecule has 2 N–H and O–H groups in total. The standard InChI is InChI=1S/C21H28N4O2/c1-5-14(4)12-27-21(26)17-18-20(25(19(17)22)11-10-13(2)3)24-16-9-7-6-8-15(16)23-18/h6-9,13-14H,5,10-12,22H2,1-4H3. The molecule has 0 aliphatic heterocycles. The summed E-state index contributed by atoms with van der Waals surface area (Å²) in [6, 6.07) is 7.63. The number of nitrogens with zero attached hydrogens (tertiary/aromatic N) is 3. The van der Waals surface area contributed by atoms with Gasteiger partial charge in [0.15, 0.2) is 5.65 Å². The van der Waals surface area contributed by atoms with E-state index in [1.165, 1.54) is 0 Å². The van der Waals surface area contributed by atoms with Crippen LogP contribution < -0.4 is 5.73 Å². The molecule has 27 heavy (non-hydrogen) atoms. The predicted molar refractivity (Wildman–Crippen MR) is 109 cm³/mol. The molecule has 1 unspecified atom stereocenters. The number of para-hydroxylation sites is 2. The fourth-order valence-corrected chi connectivity index (χ4v) is 2.94. The second-order valence-electron chi connectivity index (χ2n) is 7.59. The van der Waals surface area contributed by atoms with Gasteiger partial charge in [-0.3, -0.25) is 0 Å². The molecule has 0 aliphatic rings. The molecule has 1 aromatic carbocycles. The van der Waals surface area contributed by atoms with Crippen molar-refractivity contribution in [3.05, 3.63) is 29.8 Å². The Morgan fingerprint density at radius 1 is 1.19 bits per heavy atom. The summed E-state index contributed by atoms with van der Waals surface area (Å²) >= 11 is 0. The van der Waals surface area contributed by atoms with E-state index in [-0.39, 0.29) is 0 Å². The van der Waals surface area contributed by atoms with Gasteiger partial charge in [0.1, 0.15) is 16.9 Å². The number of nitrogen functional groups attached to an aromatic ring is 1. The fourth-order valence-electron chi connectivity index (χ4n) is 2.94. The molecule has 3 rings (SSSR count). The number of rotatable bonds is 7. The highest BCUT2D eigenvalue weighted by atomic mass is 16.5. The lowest BCUT2D eigenvalue weighted by molar-refractivity contribution is 0.0450. The van der Waals surface area contributed by atoms with E-state index in [1.807, 2.05) is 28.8 Å². The first-order chi connectivity index (χ1) is 12.9. The van der Waals surface area contributed by atoms with Gasteiger partial charge in [0.25, 0.3) is 0 Å². The second-order valence-corrected chi connectivity index (χ2v) is 7.59. The third kappa shape index (κ3) is 3.89. The lowest BCUT2D eigenvalue weighted by Gasteiger charge is -2.11. The van der Waals surface area contributed by atoms with Gasteiger partial charge >= 0.3 is 5.97 Å². The highest BCUT2D eigenvalue weighted by molar-refractivity contribution is 6.08. The summed E-state index contributed by atoms with van der Waals surface area (Å²) in [6.07, 6.45) is 1.88. The number of esters is 1. The fraction of sp³-hybridized carbons (Fsp3) is 0.476. The molecule has 0 amide bonds. The Balaban J connectivity index is 2.11. The molecule has 1 atom stereocenters. The van der Waals surface area contributed by atoms with Gasteiger partial charge < -0.3 is 15.0 Å². The summed E-state index contributed by atoms with van der Waals surface area (Å²) in [5.41, 5.74) is 9.40. The SMILES string of the molecule is CCC(C)COC(=O)c1c(N)n(CCC(C)C)c2nc3ccccc3nc12. The maximum Gasteiger partial charge on any atom is 0.344 e. The molecule has 3 aromatic rings. The summed E-state index contributed by atoms with van der Waals surface area (Å²) in [5, 5.41) is 0. The number of anilines is 1. The summed E-state index contributed by atoms with van der Waals surface area (Å²) in [7, 11) is 0. The first kappa shape index (κ1) is 19.1. The van der Waals surface area contributed by atoms with Gasteiger partial charge in [-0.2, -0.15) is 0 Å². The molecule has 0 radical (unpaired) electrons. The van der Waals surface area contributed by atoms with Crippen LogP contribution in [0.5, 0.6) is 0 Å². The highest BCUT2D eigenvalue weighted by Crippen LogP contribution is 2.29. The van der Waals surface area contributed by atoms with Crippen LogP contribution in [0.2, 0.25) is 0 Å². The molecule has 0 fully saturated rings. The average molecular weight is 368 g/mol. The molecule has 0 bridgehead atoms. The van der Waals surface area contributed by atoms with Crippen molar-refractivity contribution in [2.45, 2.75) is 47.1 Å². The normalized spacial score (nSPS) is 12.8. The largest absolute Gasteiger partial charge is 0.462 e. The minimum atomic E-state index is -0.425. The summed E-state index contributed by atoms with van der Waals surface area (Å²) in [4.78, 5) is 22.2. The van der Waals surface area contributed by atoms with Crippen LogP contribution in [-0.2, 0) is 11.3 Å². The van der Waals surface area contributed by atoms with Gasteiger partial charge in [0, 0.05) is 6.54 Å². The van der Waals surface area contributed by atoms with Crippen molar-refractivity contribution in [1.29, 1.82) is 0 Å². The number of hydrogen-bond acceptors (Lipinski definition) is 5. The Morgan fingerprint density at radius 2 is 1.85 bits per heavy atom. The van der Waals surface area contributed by atoms with Gasteiger partial charge in [-0.15, -0.1) is 0 Å². The average Bonchev–Trinajstić information content (AvgIpc) is 2.92. The summed E-state index contributed by atoms with van der Waals surface area (Å²) in [6.45, 7) is 9.49. The van der Waals surface area contributed by atoms with Crippen molar-refractivity contribution in [2.75, 3.05) is 12.3 Å². The van der Waals surface area contributed by atoms with Crippen LogP contribution in [0.25, 0.3) is 22.2 Å². The highest BCUT2D eigenvalue weighted by Gasteiger charge is 2.25. The Bertz CT molecular complexity index is 962.